The van der Waals surface area contributed by atoms with Crippen LogP contribution < -0.4 is 10.5 Å². The van der Waals surface area contributed by atoms with E-state index in [1.807, 2.05) is 12.1 Å². The molecular formula is C15H21BrN2O2. The molecule has 20 heavy (non-hydrogen) atoms. The van der Waals surface area contributed by atoms with E-state index < -0.39 is 0 Å². The highest BCUT2D eigenvalue weighted by Gasteiger charge is 2.44. The van der Waals surface area contributed by atoms with Gasteiger partial charge in [-0.2, -0.15) is 0 Å². The number of oxime groups is 1. The summed E-state index contributed by atoms with van der Waals surface area (Å²) in [4.78, 5) is 0. The van der Waals surface area contributed by atoms with Gasteiger partial charge < -0.3 is 15.7 Å². The highest BCUT2D eigenvalue weighted by Crippen LogP contribution is 2.49. The zero-order valence-corrected chi connectivity index (χ0v) is 13.5. The summed E-state index contributed by atoms with van der Waals surface area (Å²) in [6.45, 7) is 4.92. The van der Waals surface area contributed by atoms with Crippen molar-refractivity contribution in [2.75, 3.05) is 6.61 Å². The van der Waals surface area contributed by atoms with Crippen molar-refractivity contribution in [3.8, 4) is 5.75 Å². The van der Waals surface area contributed by atoms with Crippen molar-refractivity contribution in [3.63, 3.8) is 0 Å². The highest BCUT2D eigenvalue weighted by atomic mass is 79.9. The maximum absolute atomic E-state index is 8.68. The lowest BCUT2D eigenvalue weighted by atomic mass is 10.0. The summed E-state index contributed by atoms with van der Waals surface area (Å²) in [6.07, 6.45) is 2.73. The van der Waals surface area contributed by atoms with E-state index in [1.165, 1.54) is 5.56 Å². The molecule has 0 aromatic heterocycles. The Morgan fingerprint density at radius 2 is 2.20 bits per heavy atom. The van der Waals surface area contributed by atoms with Crippen LogP contribution in [0.1, 0.15) is 44.6 Å². The number of hydrogen-bond donors (Lipinski definition) is 2. The lowest BCUT2D eigenvalue weighted by molar-refractivity contribution is 0.233. The Kier molecular flexibility index (Phi) is 4.58. The molecule has 5 heteroatoms. The van der Waals surface area contributed by atoms with Crippen LogP contribution in [-0.4, -0.2) is 17.6 Å². The fraction of sp³-hybridized carbons (Fsp3) is 0.533. The second-order valence-corrected chi connectivity index (χ2v) is 6.81. The number of amidine groups is 1. The maximum Gasteiger partial charge on any atom is 0.139 e. The first-order valence-electron chi connectivity index (χ1n) is 6.84. The molecule has 0 bridgehead atoms. The molecule has 0 unspecified atom stereocenters. The monoisotopic (exact) mass is 340 g/mol. The van der Waals surface area contributed by atoms with E-state index in [4.69, 9.17) is 15.7 Å². The number of benzene rings is 1. The number of rotatable bonds is 6. The van der Waals surface area contributed by atoms with Crippen LogP contribution in [0.15, 0.2) is 27.8 Å². The van der Waals surface area contributed by atoms with E-state index in [2.05, 4.69) is 41.0 Å². The molecule has 1 saturated carbocycles. The van der Waals surface area contributed by atoms with Gasteiger partial charge in [-0.3, -0.25) is 0 Å². The summed E-state index contributed by atoms with van der Waals surface area (Å²) in [5.41, 5.74) is 6.85. The molecule has 4 nitrogen and oxygen atoms in total. The van der Waals surface area contributed by atoms with E-state index in [0.29, 0.717) is 18.9 Å². The van der Waals surface area contributed by atoms with Gasteiger partial charge in [-0.15, -0.1) is 0 Å². The molecule has 0 heterocycles. The first kappa shape index (κ1) is 15.2. The van der Waals surface area contributed by atoms with Gasteiger partial charge >= 0.3 is 0 Å². The molecular weight excluding hydrogens is 320 g/mol. The number of halogens is 1. The van der Waals surface area contributed by atoms with E-state index in [0.717, 1.165) is 23.1 Å². The van der Waals surface area contributed by atoms with E-state index in [9.17, 15) is 0 Å². The van der Waals surface area contributed by atoms with Gasteiger partial charge in [-0.05, 0) is 42.5 Å². The molecule has 3 N–H and O–H groups in total. The smallest absolute Gasteiger partial charge is 0.139 e. The zero-order valence-electron chi connectivity index (χ0n) is 11.9. The molecule has 1 aromatic rings. The van der Waals surface area contributed by atoms with Crippen LogP contribution in [0.5, 0.6) is 5.75 Å². The minimum atomic E-state index is 0.0532. The topological polar surface area (TPSA) is 67.8 Å². The van der Waals surface area contributed by atoms with Gasteiger partial charge in [0.2, 0.25) is 0 Å². The van der Waals surface area contributed by atoms with Crippen LogP contribution in [0, 0.1) is 5.41 Å². The molecule has 0 saturated heterocycles. The zero-order chi connectivity index (χ0) is 14.8. The van der Waals surface area contributed by atoms with Crippen molar-refractivity contribution in [2.45, 2.75) is 39.0 Å². The predicted molar refractivity (Wildman–Crippen MR) is 83.4 cm³/mol. The fourth-order valence-electron chi connectivity index (χ4n) is 2.30. The summed E-state index contributed by atoms with van der Waals surface area (Å²) in [5, 5.41) is 11.7. The van der Waals surface area contributed by atoms with Crippen LogP contribution in [-0.2, 0) is 0 Å². The lowest BCUT2D eigenvalue weighted by Gasteiger charge is -2.19. The van der Waals surface area contributed by atoms with Gasteiger partial charge in [0.1, 0.15) is 11.6 Å². The van der Waals surface area contributed by atoms with Crippen LogP contribution in [0.2, 0.25) is 0 Å². The first-order chi connectivity index (χ1) is 9.46. The molecule has 1 aromatic carbocycles. The van der Waals surface area contributed by atoms with Crippen molar-refractivity contribution in [2.24, 2.45) is 16.3 Å². The quantitative estimate of drug-likeness (QED) is 0.357. The van der Waals surface area contributed by atoms with Crippen LogP contribution in [0.25, 0.3) is 0 Å². The third kappa shape index (κ3) is 3.66. The fourth-order valence-corrected chi connectivity index (χ4v) is 2.68. The van der Waals surface area contributed by atoms with Crippen molar-refractivity contribution in [1.82, 2.24) is 0 Å². The van der Waals surface area contributed by atoms with Gasteiger partial charge in [-0.1, -0.05) is 34.9 Å². The Bertz CT molecular complexity index is 511. The molecule has 0 amide bonds. The third-order valence-corrected chi connectivity index (χ3v) is 4.26. The van der Waals surface area contributed by atoms with Gasteiger partial charge in [0.15, 0.2) is 0 Å². The summed E-state index contributed by atoms with van der Waals surface area (Å²) < 4.78 is 7.07. The first-order valence-corrected chi connectivity index (χ1v) is 7.64. The summed E-state index contributed by atoms with van der Waals surface area (Å²) in [7, 11) is 0. The lowest BCUT2D eigenvalue weighted by Crippen LogP contribution is -2.23. The number of nitrogens with two attached hydrogens (primary N) is 1. The average Bonchev–Trinajstić information content (AvgIpc) is 3.17. The van der Waals surface area contributed by atoms with Gasteiger partial charge in [-0.25, -0.2) is 0 Å². The van der Waals surface area contributed by atoms with Gasteiger partial charge in [0, 0.05) is 16.3 Å². The molecule has 2 rings (SSSR count). The van der Waals surface area contributed by atoms with Gasteiger partial charge in [0.05, 0.1) is 6.61 Å². The average molecular weight is 341 g/mol. The molecule has 1 fully saturated rings. The normalized spacial score (nSPS) is 17.3. The van der Waals surface area contributed by atoms with Gasteiger partial charge in [0.25, 0.3) is 0 Å². The molecule has 1 aliphatic carbocycles. The SMILES string of the molecule is CC(C)c1cc(Br)ccc1OCC1(C/C(N)=N/O)CC1. The summed E-state index contributed by atoms with van der Waals surface area (Å²) in [5.74, 6) is 1.61. The number of hydrogen-bond acceptors (Lipinski definition) is 3. The number of nitrogens with zero attached hydrogens (tertiary/aromatic N) is 1. The molecule has 0 aliphatic heterocycles. The van der Waals surface area contributed by atoms with Crippen molar-refractivity contribution >= 4 is 21.8 Å². The Morgan fingerprint density at radius 1 is 1.50 bits per heavy atom. The Labute approximate surface area is 128 Å². The Balaban J connectivity index is 2.04. The van der Waals surface area contributed by atoms with E-state index in [-0.39, 0.29) is 11.3 Å². The summed E-state index contributed by atoms with van der Waals surface area (Å²) in [6, 6.07) is 6.09. The van der Waals surface area contributed by atoms with Crippen LogP contribution in [0.3, 0.4) is 0 Å². The van der Waals surface area contributed by atoms with Crippen molar-refractivity contribution in [1.29, 1.82) is 0 Å². The standard InChI is InChI=1S/C15H21BrN2O2/c1-10(2)12-7-11(16)3-4-13(12)20-9-15(5-6-15)8-14(17)18-19/h3-4,7,10,19H,5-6,8-9H2,1-2H3,(H2,17,18). The third-order valence-electron chi connectivity index (χ3n) is 3.77. The maximum atomic E-state index is 8.68. The molecule has 1 aliphatic rings. The van der Waals surface area contributed by atoms with Crippen LogP contribution >= 0.6 is 15.9 Å². The largest absolute Gasteiger partial charge is 0.493 e. The predicted octanol–water partition coefficient (Wildman–Crippen LogP) is 3.87. The van der Waals surface area contributed by atoms with E-state index in [1.54, 1.807) is 0 Å². The Morgan fingerprint density at radius 3 is 2.75 bits per heavy atom. The van der Waals surface area contributed by atoms with E-state index >= 15 is 0 Å². The highest BCUT2D eigenvalue weighted by molar-refractivity contribution is 9.10. The van der Waals surface area contributed by atoms with Crippen LogP contribution in [0.4, 0.5) is 0 Å². The molecule has 110 valence electrons. The molecule has 0 radical (unpaired) electrons. The number of ether oxygens (including phenoxy) is 1. The summed E-state index contributed by atoms with van der Waals surface area (Å²) >= 11 is 3.49. The van der Waals surface area contributed by atoms with Crippen molar-refractivity contribution < 1.29 is 9.94 Å². The minimum absolute atomic E-state index is 0.0532. The molecule has 0 atom stereocenters. The Hall–Kier alpha value is -1.23. The minimum Gasteiger partial charge on any atom is -0.493 e. The second kappa shape index (κ2) is 6.04. The molecule has 0 spiro atoms. The van der Waals surface area contributed by atoms with Crippen molar-refractivity contribution in [3.05, 3.63) is 28.2 Å². The second-order valence-electron chi connectivity index (χ2n) is 5.89.